The van der Waals surface area contributed by atoms with Gasteiger partial charge in [-0.1, -0.05) is 54.6 Å². The second-order valence-corrected chi connectivity index (χ2v) is 9.01. The van der Waals surface area contributed by atoms with Crippen LogP contribution in [0.2, 0.25) is 0 Å². The average molecular weight is 468 g/mol. The van der Waals surface area contributed by atoms with Crippen LogP contribution in [0.4, 0.5) is 0 Å². The summed E-state index contributed by atoms with van der Waals surface area (Å²) >= 11 is 0. The minimum Gasteiger partial charge on any atom is -0.489 e. The zero-order valence-corrected chi connectivity index (χ0v) is 19.2. The Labute approximate surface area is 202 Å². The van der Waals surface area contributed by atoms with Crippen molar-refractivity contribution in [3.8, 4) is 5.75 Å². The van der Waals surface area contributed by atoms with E-state index < -0.39 is 6.04 Å². The van der Waals surface area contributed by atoms with Gasteiger partial charge in [-0.2, -0.15) is 0 Å². The Morgan fingerprint density at radius 1 is 0.943 bits per heavy atom. The summed E-state index contributed by atoms with van der Waals surface area (Å²) in [5.41, 5.74) is 2.49. The minimum absolute atomic E-state index is 0.0576. The van der Waals surface area contributed by atoms with Gasteiger partial charge in [0.15, 0.2) is 5.43 Å². The first-order chi connectivity index (χ1) is 17.2. The molecule has 176 valence electrons. The van der Waals surface area contributed by atoms with Crippen LogP contribution in [0.3, 0.4) is 0 Å². The molecule has 35 heavy (non-hydrogen) atoms. The van der Waals surface area contributed by atoms with E-state index in [4.69, 9.17) is 13.9 Å². The number of benzene rings is 3. The number of amides is 1. The lowest BCUT2D eigenvalue weighted by atomic mass is 9.98. The molecule has 3 aromatic carbocycles. The molecule has 1 aromatic heterocycles. The Morgan fingerprint density at radius 3 is 2.60 bits per heavy atom. The van der Waals surface area contributed by atoms with Crippen LogP contribution in [-0.2, 0) is 11.3 Å². The van der Waals surface area contributed by atoms with Crippen molar-refractivity contribution in [3.63, 3.8) is 0 Å². The molecule has 0 unspecified atom stereocenters. The number of hydrogen-bond acceptors (Lipinski definition) is 5. The quantitative estimate of drug-likeness (QED) is 0.395. The van der Waals surface area contributed by atoms with E-state index in [1.807, 2.05) is 54.6 Å². The molecule has 2 aliphatic rings. The molecule has 6 rings (SSSR count). The number of fused-ring (bicyclic) bond motifs is 2. The van der Waals surface area contributed by atoms with E-state index in [1.54, 1.807) is 29.2 Å². The molecule has 0 aliphatic carbocycles. The SMILES string of the molecule is O=C1c2oc3ccccc3c(=O)c2[C@H](c2cccc(OCc3ccccc3)c2)N1C[C@H]1CCCO1. The smallest absolute Gasteiger partial charge is 0.291 e. The normalized spacial score (nSPS) is 19.3. The highest BCUT2D eigenvalue weighted by molar-refractivity contribution is 5.99. The molecule has 0 radical (unpaired) electrons. The van der Waals surface area contributed by atoms with E-state index in [-0.39, 0.29) is 23.2 Å². The maximum absolute atomic E-state index is 13.6. The maximum Gasteiger partial charge on any atom is 0.291 e. The van der Waals surface area contributed by atoms with E-state index in [9.17, 15) is 9.59 Å². The van der Waals surface area contributed by atoms with Gasteiger partial charge in [0, 0.05) is 13.2 Å². The fourth-order valence-corrected chi connectivity index (χ4v) is 5.03. The van der Waals surface area contributed by atoms with E-state index in [2.05, 4.69) is 0 Å². The highest BCUT2D eigenvalue weighted by Crippen LogP contribution is 2.39. The van der Waals surface area contributed by atoms with Gasteiger partial charge in [-0.25, -0.2) is 0 Å². The first kappa shape index (κ1) is 21.6. The molecule has 1 amide bonds. The molecular weight excluding hydrogens is 442 g/mol. The summed E-state index contributed by atoms with van der Waals surface area (Å²) in [6.45, 7) is 1.52. The van der Waals surface area contributed by atoms with E-state index in [1.165, 1.54) is 0 Å². The third-order valence-electron chi connectivity index (χ3n) is 6.72. The maximum atomic E-state index is 13.6. The molecule has 0 spiro atoms. The van der Waals surface area contributed by atoms with Gasteiger partial charge in [0.25, 0.3) is 5.91 Å². The zero-order chi connectivity index (χ0) is 23.8. The zero-order valence-electron chi connectivity index (χ0n) is 19.2. The summed E-state index contributed by atoms with van der Waals surface area (Å²) in [7, 11) is 0. The summed E-state index contributed by atoms with van der Waals surface area (Å²) in [4.78, 5) is 28.9. The highest BCUT2D eigenvalue weighted by Gasteiger charge is 2.44. The van der Waals surface area contributed by atoms with Gasteiger partial charge < -0.3 is 18.8 Å². The fraction of sp³-hybridized carbons (Fsp3) is 0.241. The van der Waals surface area contributed by atoms with Gasteiger partial charge >= 0.3 is 0 Å². The number of carbonyl (C=O) groups excluding carboxylic acids is 1. The Morgan fingerprint density at radius 2 is 1.77 bits per heavy atom. The molecular formula is C29H25NO5. The van der Waals surface area contributed by atoms with Crippen LogP contribution in [0.15, 0.2) is 88.1 Å². The molecule has 0 N–H and O–H groups in total. The predicted octanol–water partition coefficient (Wildman–Crippen LogP) is 5.10. The Bertz CT molecular complexity index is 1440. The lowest BCUT2D eigenvalue weighted by Gasteiger charge is -2.27. The lowest BCUT2D eigenvalue weighted by molar-refractivity contribution is 0.0486. The standard InChI is InChI=1S/C29H25NO5/c31-27-23-13-4-5-14-24(23)35-28-25(27)26(30(29(28)32)17-22-12-7-15-33-22)20-10-6-11-21(16-20)34-18-19-8-2-1-3-9-19/h1-6,8-11,13-14,16,22,26H,7,12,15,17-18H2/t22-,26+/m1/s1. The summed E-state index contributed by atoms with van der Waals surface area (Å²) in [5.74, 6) is 0.515. The average Bonchev–Trinajstić information content (AvgIpc) is 3.51. The third kappa shape index (κ3) is 4.00. The molecule has 2 atom stereocenters. The van der Waals surface area contributed by atoms with Gasteiger partial charge in [0.1, 0.15) is 17.9 Å². The molecule has 3 heterocycles. The Hall–Kier alpha value is -3.90. The predicted molar refractivity (Wildman–Crippen MR) is 132 cm³/mol. The van der Waals surface area contributed by atoms with Gasteiger partial charge in [-0.3, -0.25) is 9.59 Å². The summed E-state index contributed by atoms with van der Waals surface area (Å²) < 4.78 is 17.9. The first-order valence-electron chi connectivity index (χ1n) is 11.9. The van der Waals surface area contributed by atoms with Gasteiger partial charge in [-0.15, -0.1) is 0 Å². The van der Waals surface area contributed by atoms with Crippen molar-refractivity contribution in [3.05, 3.63) is 112 Å². The molecule has 6 nitrogen and oxygen atoms in total. The molecule has 4 aromatic rings. The number of rotatable bonds is 6. The van der Waals surface area contributed by atoms with Crippen molar-refractivity contribution in [2.24, 2.45) is 0 Å². The van der Waals surface area contributed by atoms with Crippen LogP contribution in [0.25, 0.3) is 11.0 Å². The van der Waals surface area contributed by atoms with Crippen LogP contribution >= 0.6 is 0 Å². The molecule has 1 saturated heterocycles. The van der Waals surface area contributed by atoms with E-state index in [0.29, 0.717) is 42.0 Å². The second-order valence-electron chi connectivity index (χ2n) is 9.01. The van der Waals surface area contributed by atoms with Crippen LogP contribution < -0.4 is 10.2 Å². The van der Waals surface area contributed by atoms with Crippen molar-refractivity contribution in [1.82, 2.24) is 4.90 Å². The highest BCUT2D eigenvalue weighted by atomic mass is 16.5. The van der Waals surface area contributed by atoms with Gasteiger partial charge in [-0.05, 0) is 48.2 Å². The van der Waals surface area contributed by atoms with Crippen LogP contribution in [-0.4, -0.2) is 30.1 Å². The lowest BCUT2D eigenvalue weighted by Crippen LogP contribution is -2.36. The van der Waals surface area contributed by atoms with E-state index >= 15 is 0 Å². The van der Waals surface area contributed by atoms with Crippen molar-refractivity contribution < 1.29 is 18.7 Å². The van der Waals surface area contributed by atoms with Gasteiger partial charge in [0.2, 0.25) is 5.76 Å². The van der Waals surface area contributed by atoms with Crippen molar-refractivity contribution in [1.29, 1.82) is 0 Å². The molecule has 0 bridgehead atoms. The van der Waals surface area contributed by atoms with Crippen molar-refractivity contribution >= 4 is 16.9 Å². The molecule has 1 fully saturated rings. The monoisotopic (exact) mass is 467 g/mol. The summed E-state index contributed by atoms with van der Waals surface area (Å²) in [5, 5.41) is 0.472. The number of para-hydroxylation sites is 1. The Balaban J connectivity index is 1.41. The molecule has 0 saturated carbocycles. The third-order valence-corrected chi connectivity index (χ3v) is 6.72. The Kier molecular flexibility index (Phi) is 5.58. The topological polar surface area (TPSA) is 69.0 Å². The van der Waals surface area contributed by atoms with Crippen LogP contribution in [0, 0.1) is 0 Å². The van der Waals surface area contributed by atoms with Crippen molar-refractivity contribution in [2.75, 3.05) is 13.2 Å². The minimum atomic E-state index is -0.567. The summed E-state index contributed by atoms with van der Waals surface area (Å²) in [6.07, 6.45) is 1.79. The largest absolute Gasteiger partial charge is 0.489 e. The first-order valence-corrected chi connectivity index (χ1v) is 11.9. The molecule has 2 aliphatic heterocycles. The van der Waals surface area contributed by atoms with Crippen LogP contribution in [0.1, 0.15) is 46.1 Å². The number of ether oxygens (including phenoxy) is 2. The number of carbonyl (C=O) groups is 1. The summed E-state index contributed by atoms with van der Waals surface area (Å²) in [6, 6.07) is 24.1. The fourth-order valence-electron chi connectivity index (χ4n) is 5.03. The molecule has 6 heteroatoms. The van der Waals surface area contributed by atoms with Crippen molar-refractivity contribution in [2.45, 2.75) is 31.6 Å². The number of nitrogens with zero attached hydrogens (tertiary/aromatic N) is 1. The number of hydrogen-bond donors (Lipinski definition) is 0. The van der Waals surface area contributed by atoms with Gasteiger partial charge in [0.05, 0.1) is 23.1 Å². The second kappa shape index (κ2) is 9.04. The van der Waals surface area contributed by atoms with E-state index in [0.717, 1.165) is 24.0 Å². The van der Waals surface area contributed by atoms with Crippen LogP contribution in [0.5, 0.6) is 5.75 Å².